The molecule has 7 nitrogen and oxygen atoms in total. The number of fused-ring (bicyclic) bond motifs is 1. The first-order valence-corrected chi connectivity index (χ1v) is 11.8. The van der Waals surface area contributed by atoms with Crippen LogP contribution >= 0.6 is 23.1 Å². The first kappa shape index (κ1) is 19.4. The first-order valence-electron chi connectivity index (χ1n) is 9.94. The molecule has 2 aromatic heterocycles. The van der Waals surface area contributed by atoms with E-state index in [4.69, 9.17) is 9.47 Å². The number of thiophene rings is 1. The lowest BCUT2D eigenvalue weighted by atomic mass is 10.2. The van der Waals surface area contributed by atoms with Gasteiger partial charge in [-0.3, -0.25) is 4.79 Å². The van der Waals surface area contributed by atoms with Crippen molar-refractivity contribution in [2.24, 2.45) is 7.05 Å². The van der Waals surface area contributed by atoms with E-state index in [-0.39, 0.29) is 18.1 Å². The smallest absolute Gasteiger partial charge is 0.233 e. The van der Waals surface area contributed by atoms with Crippen LogP contribution in [0.5, 0.6) is 11.5 Å². The van der Waals surface area contributed by atoms with Gasteiger partial charge < -0.3 is 18.9 Å². The van der Waals surface area contributed by atoms with Crippen molar-refractivity contribution in [1.29, 1.82) is 0 Å². The van der Waals surface area contributed by atoms with Gasteiger partial charge in [-0.1, -0.05) is 30.0 Å². The lowest BCUT2D eigenvalue weighted by molar-refractivity contribution is -0.129. The molecular formula is C21H22N4O3S2. The van der Waals surface area contributed by atoms with Crippen LogP contribution in [-0.4, -0.2) is 44.5 Å². The number of para-hydroxylation sites is 2. The predicted octanol–water partition coefficient (Wildman–Crippen LogP) is 3.84. The number of aromatic nitrogens is 3. The standard InChI is InChI=1S/C21H22N4O3S2/c1-24-20(17-12-27-15-7-2-3-8-16(15)28-17)22-23-21(24)30-13-19(26)25-10-4-6-14(25)18-9-5-11-29-18/h2-3,5,7-9,11,14,17H,4,6,10,12-13H2,1H3/t14-,17+/m0/s1. The number of thioether (sulfide) groups is 1. The zero-order chi connectivity index (χ0) is 20.5. The van der Waals surface area contributed by atoms with Gasteiger partial charge in [-0.15, -0.1) is 21.5 Å². The molecule has 2 atom stereocenters. The molecule has 156 valence electrons. The van der Waals surface area contributed by atoms with Crippen LogP contribution in [0.15, 0.2) is 46.9 Å². The van der Waals surface area contributed by atoms with Crippen molar-refractivity contribution >= 4 is 29.0 Å². The lowest BCUT2D eigenvalue weighted by Gasteiger charge is -2.25. The molecule has 0 unspecified atom stereocenters. The van der Waals surface area contributed by atoms with Gasteiger partial charge in [0.15, 0.2) is 28.6 Å². The number of rotatable bonds is 5. The number of hydrogen-bond donors (Lipinski definition) is 0. The molecule has 1 saturated heterocycles. The van der Waals surface area contributed by atoms with E-state index >= 15 is 0 Å². The molecule has 4 heterocycles. The molecule has 2 aliphatic heterocycles. The number of nitrogens with zero attached hydrogens (tertiary/aromatic N) is 4. The Balaban J connectivity index is 1.24. The second-order valence-electron chi connectivity index (χ2n) is 7.31. The quantitative estimate of drug-likeness (QED) is 0.559. The molecular weight excluding hydrogens is 420 g/mol. The summed E-state index contributed by atoms with van der Waals surface area (Å²) in [4.78, 5) is 16.2. The highest BCUT2D eigenvalue weighted by Gasteiger charge is 2.31. The van der Waals surface area contributed by atoms with Crippen molar-refractivity contribution in [3.63, 3.8) is 0 Å². The molecule has 1 fully saturated rings. The van der Waals surface area contributed by atoms with Gasteiger partial charge in [0.05, 0.1) is 11.8 Å². The third kappa shape index (κ3) is 3.67. The third-order valence-corrected chi connectivity index (χ3v) is 7.41. The van der Waals surface area contributed by atoms with Gasteiger partial charge in [-0.25, -0.2) is 0 Å². The minimum atomic E-state index is -0.329. The molecule has 2 aliphatic rings. The Morgan fingerprint density at radius 2 is 2.10 bits per heavy atom. The van der Waals surface area contributed by atoms with Crippen LogP contribution in [0.2, 0.25) is 0 Å². The van der Waals surface area contributed by atoms with Crippen molar-refractivity contribution in [3.05, 3.63) is 52.5 Å². The van der Waals surface area contributed by atoms with Gasteiger partial charge >= 0.3 is 0 Å². The SMILES string of the molecule is Cn1c(SCC(=O)N2CCC[C@H]2c2cccs2)nnc1[C@H]1COc2ccccc2O1. The van der Waals surface area contributed by atoms with E-state index in [9.17, 15) is 4.79 Å². The number of benzene rings is 1. The van der Waals surface area contributed by atoms with Crippen molar-refractivity contribution in [2.45, 2.75) is 30.1 Å². The van der Waals surface area contributed by atoms with Crippen LogP contribution in [0.4, 0.5) is 0 Å². The molecule has 0 saturated carbocycles. The summed E-state index contributed by atoms with van der Waals surface area (Å²) < 4.78 is 13.7. The van der Waals surface area contributed by atoms with Crippen LogP contribution < -0.4 is 9.47 Å². The van der Waals surface area contributed by atoms with E-state index in [1.54, 1.807) is 11.3 Å². The number of likely N-dealkylation sites (tertiary alicyclic amines) is 1. The highest BCUT2D eigenvalue weighted by Crippen LogP contribution is 2.37. The molecule has 0 spiro atoms. The summed E-state index contributed by atoms with van der Waals surface area (Å²) in [5.74, 6) is 2.62. The fraction of sp³-hybridized carbons (Fsp3) is 0.381. The number of hydrogen-bond acceptors (Lipinski definition) is 7. The third-order valence-electron chi connectivity index (χ3n) is 5.43. The van der Waals surface area contributed by atoms with Gasteiger partial charge in [0.2, 0.25) is 5.91 Å². The van der Waals surface area contributed by atoms with Crippen LogP contribution in [0.1, 0.15) is 35.7 Å². The van der Waals surface area contributed by atoms with Crippen molar-refractivity contribution in [1.82, 2.24) is 19.7 Å². The zero-order valence-electron chi connectivity index (χ0n) is 16.6. The molecule has 0 N–H and O–H groups in total. The molecule has 30 heavy (non-hydrogen) atoms. The number of amides is 1. The summed E-state index contributed by atoms with van der Waals surface area (Å²) in [7, 11) is 1.90. The van der Waals surface area contributed by atoms with Gasteiger partial charge in [0.25, 0.3) is 0 Å². The Kier molecular flexibility index (Phi) is 5.39. The van der Waals surface area contributed by atoms with Gasteiger partial charge in [0.1, 0.15) is 6.61 Å². The van der Waals surface area contributed by atoms with E-state index in [0.717, 1.165) is 25.1 Å². The summed E-state index contributed by atoms with van der Waals surface area (Å²) in [6.45, 7) is 1.20. The van der Waals surface area contributed by atoms with Crippen molar-refractivity contribution in [2.75, 3.05) is 18.9 Å². The largest absolute Gasteiger partial charge is 0.485 e. The van der Waals surface area contributed by atoms with E-state index in [1.165, 1.54) is 16.6 Å². The highest BCUT2D eigenvalue weighted by atomic mass is 32.2. The highest BCUT2D eigenvalue weighted by molar-refractivity contribution is 7.99. The van der Waals surface area contributed by atoms with Gasteiger partial charge in [-0.05, 0) is 36.4 Å². The average Bonchev–Trinajstić information content (AvgIpc) is 3.52. The van der Waals surface area contributed by atoms with Crippen molar-refractivity contribution in [3.8, 4) is 11.5 Å². The zero-order valence-corrected chi connectivity index (χ0v) is 18.2. The second-order valence-corrected chi connectivity index (χ2v) is 9.24. The second kappa shape index (κ2) is 8.31. The number of ether oxygens (including phenoxy) is 2. The molecule has 0 radical (unpaired) electrons. The molecule has 1 aromatic carbocycles. The fourth-order valence-corrected chi connectivity index (χ4v) is 5.61. The minimum Gasteiger partial charge on any atom is -0.485 e. The first-order chi connectivity index (χ1) is 14.7. The minimum absolute atomic E-state index is 0.145. The Bertz CT molecular complexity index is 1040. The molecule has 5 rings (SSSR count). The summed E-state index contributed by atoms with van der Waals surface area (Å²) >= 11 is 3.14. The summed E-state index contributed by atoms with van der Waals surface area (Å²) in [5, 5.41) is 11.4. The van der Waals surface area contributed by atoms with E-state index in [1.807, 2.05) is 46.8 Å². The predicted molar refractivity (Wildman–Crippen MR) is 115 cm³/mol. The Morgan fingerprint density at radius 1 is 1.23 bits per heavy atom. The molecule has 0 bridgehead atoms. The van der Waals surface area contributed by atoms with Crippen LogP contribution in [-0.2, 0) is 11.8 Å². The molecule has 1 amide bonds. The Hall–Kier alpha value is -2.52. The van der Waals surface area contributed by atoms with Gasteiger partial charge in [-0.2, -0.15) is 0 Å². The normalized spacial score (nSPS) is 20.5. The maximum atomic E-state index is 12.9. The van der Waals surface area contributed by atoms with E-state index in [0.29, 0.717) is 29.1 Å². The van der Waals surface area contributed by atoms with Crippen LogP contribution in [0.3, 0.4) is 0 Å². The average molecular weight is 443 g/mol. The topological polar surface area (TPSA) is 69.5 Å². The van der Waals surface area contributed by atoms with Crippen LogP contribution in [0.25, 0.3) is 0 Å². The lowest BCUT2D eigenvalue weighted by Crippen LogP contribution is -2.31. The fourth-order valence-electron chi connectivity index (χ4n) is 3.93. The summed E-state index contributed by atoms with van der Waals surface area (Å²) in [6.07, 6.45) is 1.75. The maximum Gasteiger partial charge on any atom is 0.233 e. The number of carbonyl (C=O) groups excluding carboxylic acids is 1. The monoisotopic (exact) mass is 442 g/mol. The molecule has 3 aromatic rings. The molecule has 0 aliphatic carbocycles. The van der Waals surface area contributed by atoms with E-state index in [2.05, 4.69) is 21.6 Å². The van der Waals surface area contributed by atoms with Gasteiger partial charge in [0, 0.05) is 18.5 Å². The summed E-state index contributed by atoms with van der Waals surface area (Å²) in [6, 6.07) is 12.0. The summed E-state index contributed by atoms with van der Waals surface area (Å²) in [5.41, 5.74) is 0. The van der Waals surface area contributed by atoms with Crippen molar-refractivity contribution < 1.29 is 14.3 Å². The maximum absolute atomic E-state index is 12.9. The number of carbonyl (C=O) groups is 1. The Labute approximate surface area is 183 Å². The Morgan fingerprint density at radius 3 is 2.93 bits per heavy atom. The molecule has 9 heteroatoms. The van der Waals surface area contributed by atoms with Crippen LogP contribution in [0, 0.1) is 0 Å². The van der Waals surface area contributed by atoms with E-state index < -0.39 is 0 Å².